The number of aromatic amines is 1. The van der Waals surface area contributed by atoms with E-state index in [0.717, 1.165) is 12.8 Å². The highest BCUT2D eigenvalue weighted by Crippen LogP contribution is 2.54. The van der Waals surface area contributed by atoms with E-state index < -0.39 is 46.0 Å². The Bertz CT molecular complexity index is 3450. The second-order valence-electron chi connectivity index (χ2n) is 19.0. The Hall–Kier alpha value is -6.95. The van der Waals surface area contributed by atoms with Crippen LogP contribution in [0.5, 0.6) is 0 Å². The third-order valence-electron chi connectivity index (χ3n) is 14.4. The molecule has 15 nitrogen and oxygen atoms in total. The van der Waals surface area contributed by atoms with Gasteiger partial charge >= 0.3 is 11.4 Å². The Morgan fingerprint density at radius 2 is 1.71 bits per heavy atom. The van der Waals surface area contributed by atoms with Crippen LogP contribution in [0.25, 0.3) is 33.6 Å². The van der Waals surface area contributed by atoms with E-state index in [9.17, 15) is 9.59 Å². The number of rotatable bonds is 8. The van der Waals surface area contributed by atoms with Crippen LogP contribution in [-0.4, -0.2) is 72.8 Å². The minimum atomic E-state index is -0.940. The summed E-state index contributed by atoms with van der Waals surface area (Å²) in [5.74, 6) is -1.99. The van der Waals surface area contributed by atoms with Crippen LogP contribution in [0.3, 0.4) is 0 Å². The fraction of sp³-hybridized carbons (Fsp3) is 0.375. The van der Waals surface area contributed by atoms with Crippen molar-refractivity contribution in [3.05, 3.63) is 145 Å². The Labute approximate surface area is 374 Å². The first-order chi connectivity index (χ1) is 31.7. The van der Waals surface area contributed by atoms with Crippen LogP contribution in [-0.2, 0) is 23.6 Å². The SMILES string of the molecule is C[C@H]1c2c(nn(-c3ccc(F)c(C4CC4)c3)c2-n2ccn(-c3ccc4c(cnn4C)c3F)c2=O)CCN1C(=O)c1cc2c(F)c([C@H]3CCOC(C)(C)C3)ccn2c1C1(c2noc(=O)[nH]2)CC1. The molecule has 2 saturated carbocycles. The van der Waals surface area contributed by atoms with Crippen molar-refractivity contribution >= 4 is 22.3 Å². The number of hydrogen-bond donors (Lipinski definition) is 1. The number of nitrogens with one attached hydrogen (secondary N) is 1. The molecule has 1 saturated heterocycles. The first-order valence-electron chi connectivity index (χ1n) is 22.4. The van der Waals surface area contributed by atoms with E-state index in [1.165, 1.54) is 39.9 Å². The van der Waals surface area contributed by atoms with Crippen molar-refractivity contribution in [3.63, 3.8) is 0 Å². The molecule has 12 rings (SSSR count). The molecule has 0 spiro atoms. The van der Waals surface area contributed by atoms with Gasteiger partial charge in [-0.3, -0.25) is 28.1 Å². The standard InChI is InChI=1S/C48H45F3N10O5/c1-25-38-34(54-61(28-7-8-33(49)30(21-28)26-5-6-26)42(38)60-19-18-59(46(60)64)36-10-9-35-32(40(36)51)24-52-56(35)4)12-17-57(25)43(62)31-22-37-39(50)29(27-13-20-65-47(2,3)23-27)11-16-58(37)41(31)48(14-15-48)44-53-45(63)66-55-44/h7-11,16,18-19,21-22,24-27H,5-6,12-15,17,20,23H2,1-4H3,(H,53,55,63)/t25-,27-/m0/s1. The summed E-state index contributed by atoms with van der Waals surface area (Å²) in [5, 5.41) is 13.6. The summed E-state index contributed by atoms with van der Waals surface area (Å²) in [7, 11) is 1.71. The molecule has 1 N–H and O–H groups in total. The molecule has 2 aromatic carbocycles. The lowest BCUT2D eigenvalue weighted by Crippen LogP contribution is -2.40. The molecule has 2 aliphatic carbocycles. The fourth-order valence-corrected chi connectivity index (χ4v) is 10.8. The first kappa shape index (κ1) is 40.6. The number of pyridine rings is 1. The average molecular weight is 899 g/mol. The zero-order valence-electron chi connectivity index (χ0n) is 36.6. The van der Waals surface area contributed by atoms with Gasteiger partial charge in [-0.1, -0.05) is 5.16 Å². The van der Waals surface area contributed by atoms with Gasteiger partial charge in [0, 0.05) is 56.5 Å². The summed E-state index contributed by atoms with van der Waals surface area (Å²) >= 11 is 0. The van der Waals surface area contributed by atoms with Gasteiger partial charge in [0.15, 0.2) is 17.5 Å². The maximum absolute atomic E-state index is 17.1. The molecule has 338 valence electrons. The van der Waals surface area contributed by atoms with Crippen LogP contribution >= 0.6 is 0 Å². The van der Waals surface area contributed by atoms with Crippen molar-refractivity contribution in [2.24, 2.45) is 7.05 Å². The van der Waals surface area contributed by atoms with E-state index in [4.69, 9.17) is 14.4 Å². The van der Waals surface area contributed by atoms with Crippen LogP contribution in [0.1, 0.15) is 121 Å². The van der Waals surface area contributed by atoms with Gasteiger partial charge in [0.05, 0.1) is 62.3 Å². The second kappa shape index (κ2) is 14.3. The molecule has 6 aromatic heterocycles. The lowest BCUT2D eigenvalue weighted by Gasteiger charge is -2.36. The molecule has 4 aliphatic rings. The van der Waals surface area contributed by atoms with Crippen LogP contribution in [0.4, 0.5) is 13.2 Å². The van der Waals surface area contributed by atoms with Crippen LogP contribution in [0.2, 0.25) is 0 Å². The molecule has 1 amide bonds. The van der Waals surface area contributed by atoms with E-state index in [0.29, 0.717) is 77.4 Å². The number of carbonyl (C=O) groups excluding carboxylic acids is 1. The van der Waals surface area contributed by atoms with E-state index in [-0.39, 0.29) is 58.6 Å². The monoisotopic (exact) mass is 898 g/mol. The topological polar surface area (TPSA) is 155 Å². The minimum Gasteiger partial charge on any atom is -0.376 e. The summed E-state index contributed by atoms with van der Waals surface area (Å²) in [6.07, 6.45) is 10.5. The number of aryl methyl sites for hydroxylation is 1. The number of nitrogens with zero attached hydrogens (tertiary/aromatic N) is 9. The van der Waals surface area contributed by atoms with Crippen molar-refractivity contribution in [1.82, 2.24) is 48.1 Å². The van der Waals surface area contributed by atoms with Gasteiger partial charge in [0.1, 0.15) is 11.6 Å². The zero-order valence-corrected chi connectivity index (χ0v) is 36.6. The Morgan fingerprint density at radius 1 is 0.909 bits per heavy atom. The summed E-state index contributed by atoms with van der Waals surface area (Å²) in [5.41, 5.74) is 2.36. The van der Waals surface area contributed by atoms with Crippen molar-refractivity contribution in [2.45, 2.75) is 94.6 Å². The normalized spacial score (nSPS) is 20.1. The highest BCUT2D eigenvalue weighted by atomic mass is 19.1. The number of halogens is 3. The molecule has 8 aromatic rings. The zero-order chi connectivity index (χ0) is 45.6. The lowest BCUT2D eigenvalue weighted by atomic mass is 9.83. The molecule has 66 heavy (non-hydrogen) atoms. The number of amides is 1. The molecule has 0 bridgehead atoms. The number of H-pyrrole nitrogens is 1. The fourth-order valence-electron chi connectivity index (χ4n) is 10.8. The van der Waals surface area contributed by atoms with Gasteiger partial charge in [0.2, 0.25) is 0 Å². The van der Waals surface area contributed by atoms with Gasteiger partial charge in [-0.15, -0.1) is 0 Å². The highest BCUT2D eigenvalue weighted by molar-refractivity contribution is 5.98. The first-order valence-corrected chi connectivity index (χ1v) is 22.4. The summed E-state index contributed by atoms with van der Waals surface area (Å²) in [4.78, 5) is 46.9. The van der Waals surface area contributed by atoms with Gasteiger partial charge in [-0.2, -0.15) is 10.2 Å². The number of ether oxygens (including phenoxy) is 1. The molecule has 2 atom stereocenters. The van der Waals surface area contributed by atoms with Gasteiger partial charge in [-0.25, -0.2) is 27.4 Å². The summed E-state index contributed by atoms with van der Waals surface area (Å²) in [6.45, 7) is 6.56. The molecular formula is C48H45F3N10O5. The average Bonchev–Trinajstić information content (AvgIpc) is 4.03. The smallest absolute Gasteiger partial charge is 0.376 e. The highest BCUT2D eigenvalue weighted by Gasteiger charge is 2.54. The Balaban J connectivity index is 1.00. The molecule has 0 radical (unpaired) electrons. The quantitative estimate of drug-likeness (QED) is 0.165. The number of benzene rings is 2. The molecule has 18 heteroatoms. The van der Waals surface area contributed by atoms with E-state index in [1.54, 1.807) is 62.2 Å². The minimum absolute atomic E-state index is 0.0218. The molecular weight excluding hydrogens is 854 g/mol. The van der Waals surface area contributed by atoms with Crippen LogP contribution < -0.4 is 11.4 Å². The van der Waals surface area contributed by atoms with Gasteiger partial charge in [0.25, 0.3) is 5.91 Å². The maximum atomic E-state index is 17.1. The third-order valence-corrected chi connectivity index (χ3v) is 14.4. The number of hydrogen-bond acceptors (Lipinski definition) is 8. The number of carbonyl (C=O) groups is 1. The Kier molecular flexibility index (Phi) is 8.77. The lowest BCUT2D eigenvalue weighted by molar-refractivity contribution is -0.0596. The summed E-state index contributed by atoms with van der Waals surface area (Å²) in [6, 6.07) is 10.7. The largest absolute Gasteiger partial charge is 0.438 e. The predicted molar refractivity (Wildman–Crippen MR) is 234 cm³/mol. The van der Waals surface area contributed by atoms with Crippen LogP contribution in [0, 0.1) is 17.5 Å². The second-order valence-corrected chi connectivity index (χ2v) is 19.0. The number of fused-ring (bicyclic) bond motifs is 3. The van der Waals surface area contributed by atoms with Crippen molar-refractivity contribution in [3.8, 4) is 17.2 Å². The van der Waals surface area contributed by atoms with Gasteiger partial charge < -0.3 is 14.0 Å². The van der Waals surface area contributed by atoms with E-state index >= 15 is 18.0 Å². The molecule has 0 unspecified atom stereocenters. The molecule has 2 aliphatic heterocycles. The number of aromatic nitrogens is 9. The molecule has 3 fully saturated rings. The van der Waals surface area contributed by atoms with Crippen molar-refractivity contribution in [2.75, 3.05) is 13.2 Å². The summed E-state index contributed by atoms with van der Waals surface area (Å²) < 4.78 is 66.9. The third kappa shape index (κ3) is 6.05. The van der Waals surface area contributed by atoms with Gasteiger partial charge in [-0.05, 0) is 125 Å². The van der Waals surface area contributed by atoms with E-state index in [2.05, 4.69) is 15.2 Å². The molecule has 8 heterocycles. The number of imidazole rings is 1. The Morgan fingerprint density at radius 3 is 2.45 bits per heavy atom. The van der Waals surface area contributed by atoms with Crippen LogP contribution in [0.15, 0.2) is 81.4 Å². The maximum Gasteiger partial charge on any atom is 0.438 e. The van der Waals surface area contributed by atoms with Crippen molar-refractivity contribution in [1.29, 1.82) is 0 Å². The van der Waals surface area contributed by atoms with Crippen molar-refractivity contribution < 1.29 is 27.2 Å². The predicted octanol–water partition coefficient (Wildman–Crippen LogP) is 7.44. The van der Waals surface area contributed by atoms with E-state index in [1.807, 2.05) is 20.8 Å².